The predicted octanol–water partition coefficient (Wildman–Crippen LogP) is 4.37. The Balaban J connectivity index is 1.56. The van der Waals surface area contributed by atoms with Crippen molar-refractivity contribution in [1.29, 1.82) is 0 Å². The maximum Gasteiger partial charge on any atom is 0.266 e. The molecule has 34 heavy (non-hydrogen) atoms. The van der Waals surface area contributed by atoms with Crippen LogP contribution in [0.15, 0.2) is 66.7 Å². The molecule has 0 saturated carbocycles. The topological polar surface area (TPSA) is 68.3 Å². The molecule has 2 saturated heterocycles. The first-order chi connectivity index (χ1) is 16.4. The lowest BCUT2D eigenvalue weighted by Crippen LogP contribution is -2.37. The molecule has 0 N–H and O–H groups in total. The Bertz CT molecular complexity index is 1240. The number of anilines is 2. The van der Waals surface area contributed by atoms with Gasteiger partial charge in [0, 0.05) is 0 Å². The van der Waals surface area contributed by atoms with Crippen molar-refractivity contribution >= 4 is 23.2 Å². The number of fused-ring (bicyclic) bond motifs is 1. The van der Waals surface area contributed by atoms with Crippen molar-refractivity contribution in [3.8, 4) is 11.5 Å². The van der Waals surface area contributed by atoms with Crippen LogP contribution in [-0.4, -0.2) is 32.1 Å². The molecule has 0 radical (unpaired) electrons. The van der Waals surface area contributed by atoms with Crippen molar-refractivity contribution in [3.05, 3.63) is 83.4 Å². The highest BCUT2D eigenvalue weighted by Crippen LogP contribution is 2.48. The van der Waals surface area contributed by atoms with Crippen LogP contribution in [0.1, 0.15) is 22.7 Å². The fraction of sp³-hybridized carbons (Fsp3) is 0.259. The van der Waals surface area contributed by atoms with E-state index in [9.17, 15) is 9.59 Å². The first-order valence-electron chi connectivity index (χ1n) is 11.1. The minimum Gasteiger partial charge on any atom is -0.497 e. The van der Waals surface area contributed by atoms with Crippen LogP contribution in [0.4, 0.5) is 11.4 Å². The van der Waals surface area contributed by atoms with E-state index in [-0.39, 0.29) is 11.8 Å². The number of imide groups is 1. The molecule has 3 aromatic rings. The minimum absolute atomic E-state index is 0.268. The van der Waals surface area contributed by atoms with Gasteiger partial charge < -0.3 is 9.47 Å². The van der Waals surface area contributed by atoms with Gasteiger partial charge in [0.1, 0.15) is 17.4 Å². The quantitative estimate of drug-likeness (QED) is 0.529. The normalized spacial score (nSPS) is 21.7. The van der Waals surface area contributed by atoms with Gasteiger partial charge in [-0.2, -0.15) is 0 Å². The number of benzene rings is 3. The predicted molar refractivity (Wildman–Crippen MR) is 128 cm³/mol. The van der Waals surface area contributed by atoms with E-state index in [1.807, 2.05) is 80.6 Å². The molecule has 5 rings (SSSR count). The van der Waals surface area contributed by atoms with Crippen molar-refractivity contribution in [2.24, 2.45) is 5.92 Å². The summed E-state index contributed by atoms with van der Waals surface area (Å²) in [6, 6.07) is 20.0. The van der Waals surface area contributed by atoms with E-state index in [4.69, 9.17) is 14.3 Å². The number of hydrogen-bond donors (Lipinski definition) is 0. The number of carbonyl (C=O) groups excluding carboxylic acids is 2. The highest BCUT2D eigenvalue weighted by atomic mass is 16.7. The van der Waals surface area contributed by atoms with Gasteiger partial charge in [-0.05, 0) is 79.1 Å². The second kappa shape index (κ2) is 8.50. The van der Waals surface area contributed by atoms with Crippen LogP contribution >= 0.6 is 0 Å². The van der Waals surface area contributed by atoms with Crippen LogP contribution < -0.4 is 19.4 Å². The van der Waals surface area contributed by atoms with E-state index in [2.05, 4.69) is 0 Å². The maximum absolute atomic E-state index is 13.7. The third kappa shape index (κ3) is 3.49. The zero-order valence-corrected chi connectivity index (χ0v) is 19.5. The summed E-state index contributed by atoms with van der Waals surface area (Å²) >= 11 is 0. The molecule has 0 bridgehead atoms. The lowest BCUT2D eigenvalue weighted by atomic mass is 9.90. The van der Waals surface area contributed by atoms with Gasteiger partial charge in [0.2, 0.25) is 5.91 Å². The number of carbonyl (C=O) groups is 2. The van der Waals surface area contributed by atoms with Crippen LogP contribution in [0, 0.1) is 19.8 Å². The van der Waals surface area contributed by atoms with Gasteiger partial charge in [-0.3, -0.25) is 14.4 Å². The summed E-state index contributed by atoms with van der Waals surface area (Å²) in [4.78, 5) is 34.7. The first kappa shape index (κ1) is 22.0. The number of hydrogen-bond acceptors (Lipinski definition) is 6. The van der Waals surface area contributed by atoms with E-state index < -0.39 is 18.1 Å². The zero-order chi connectivity index (χ0) is 24.0. The molecule has 2 amide bonds. The van der Waals surface area contributed by atoms with E-state index in [0.717, 1.165) is 22.4 Å². The number of methoxy groups -OCH3 is 2. The summed E-state index contributed by atoms with van der Waals surface area (Å²) in [5, 5.41) is 1.67. The third-order valence-corrected chi connectivity index (χ3v) is 6.65. The fourth-order valence-electron chi connectivity index (χ4n) is 4.63. The van der Waals surface area contributed by atoms with E-state index >= 15 is 0 Å². The molecule has 0 unspecified atom stereocenters. The Kier molecular flexibility index (Phi) is 5.49. The second-order valence-electron chi connectivity index (χ2n) is 8.57. The van der Waals surface area contributed by atoms with E-state index in [1.165, 1.54) is 4.90 Å². The molecule has 0 aromatic heterocycles. The van der Waals surface area contributed by atoms with Gasteiger partial charge in [0.25, 0.3) is 5.91 Å². The van der Waals surface area contributed by atoms with Crippen molar-refractivity contribution in [2.75, 3.05) is 24.2 Å². The van der Waals surface area contributed by atoms with Crippen molar-refractivity contribution in [3.63, 3.8) is 0 Å². The smallest absolute Gasteiger partial charge is 0.266 e. The van der Waals surface area contributed by atoms with Crippen molar-refractivity contribution in [1.82, 2.24) is 0 Å². The van der Waals surface area contributed by atoms with Gasteiger partial charge in [0.15, 0.2) is 6.10 Å². The molecule has 0 spiro atoms. The average Bonchev–Trinajstić information content (AvgIpc) is 3.37. The van der Waals surface area contributed by atoms with Crippen molar-refractivity contribution in [2.45, 2.75) is 26.0 Å². The van der Waals surface area contributed by atoms with Crippen LogP contribution in [-0.2, 0) is 14.4 Å². The van der Waals surface area contributed by atoms with E-state index in [0.29, 0.717) is 17.2 Å². The van der Waals surface area contributed by atoms with Crippen molar-refractivity contribution < 1.29 is 23.9 Å². The molecule has 3 atom stereocenters. The summed E-state index contributed by atoms with van der Waals surface area (Å²) in [6.45, 7) is 3.96. The molecule has 7 nitrogen and oxygen atoms in total. The lowest BCUT2D eigenvalue weighted by molar-refractivity contribution is -0.126. The second-order valence-corrected chi connectivity index (χ2v) is 8.57. The zero-order valence-electron chi connectivity index (χ0n) is 19.5. The molecule has 0 aliphatic carbocycles. The minimum atomic E-state index is -0.914. The Morgan fingerprint density at radius 1 is 0.735 bits per heavy atom. The van der Waals surface area contributed by atoms with Gasteiger partial charge >= 0.3 is 0 Å². The summed E-state index contributed by atoms with van der Waals surface area (Å²) < 4.78 is 10.6. The van der Waals surface area contributed by atoms with Crippen LogP contribution in [0.25, 0.3) is 0 Å². The third-order valence-electron chi connectivity index (χ3n) is 6.65. The molecule has 7 heteroatoms. The Labute approximate surface area is 198 Å². The average molecular weight is 459 g/mol. The molecular weight excluding hydrogens is 432 g/mol. The van der Waals surface area contributed by atoms with E-state index in [1.54, 1.807) is 19.3 Å². The number of hydroxylamine groups is 1. The first-order valence-corrected chi connectivity index (χ1v) is 11.1. The molecule has 2 heterocycles. The lowest BCUT2D eigenvalue weighted by Gasteiger charge is -2.29. The number of rotatable bonds is 5. The van der Waals surface area contributed by atoms with Crippen LogP contribution in [0.3, 0.4) is 0 Å². The van der Waals surface area contributed by atoms with Gasteiger partial charge in [-0.15, -0.1) is 0 Å². The number of ether oxygens (including phenoxy) is 2. The number of aryl methyl sites for hydroxylation is 2. The fourth-order valence-corrected chi connectivity index (χ4v) is 4.63. The van der Waals surface area contributed by atoms with Crippen LogP contribution in [0.2, 0.25) is 0 Å². The van der Waals surface area contributed by atoms with Gasteiger partial charge in [-0.1, -0.05) is 18.2 Å². The van der Waals surface area contributed by atoms with Crippen LogP contribution in [0.5, 0.6) is 11.5 Å². The Hall–Kier alpha value is -3.84. The molecular formula is C27H26N2O5. The standard InChI is InChI=1S/C27H26N2O5/c1-16-5-8-20(15-17(16)2)28-26(30)23-24(18-6-11-21(32-3)12-7-18)29(34-25(23)27(28)31)19-9-13-22(33-4)14-10-19/h5-15,23-25H,1-4H3/t23-,24+,25+/m0/s1. The highest BCUT2D eigenvalue weighted by molar-refractivity contribution is 6.24. The summed E-state index contributed by atoms with van der Waals surface area (Å²) in [5.74, 6) is 0.102. The maximum atomic E-state index is 13.7. The number of nitrogens with zero attached hydrogens (tertiary/aromatic N) is 2. The Morgan fingerprint density at radius 2 is 1.32 bits per heavy atom. The molecule has 2 aliphatic rings. The Morgan fingerprint density at radius 3 is 1.91 bits per heavy atom. The monoisotopic (exact) mass is 458 g/mol. The summed E-state index contributed by atoms with van der Waals surface area (Å²) in [5.41, 5.74) is 4.27. The highest BCUT2D eigenvalue weighted by Gasteiger charge is 2.60. The largest absolute Gasteiger partial charge is 0.497 e. The molecule has 2 aliphatic heterocycles. The summed E-state index contributed by atoms with van der Waals surface area (Å²) in [7, 11) is 3.21. The molecule has 2 fully saturated rings. The van der Waals surface area contributed by atoms with Gasteiger partial charge in [-0.25, -0.2) is 9.96 Å². The molecule has 174 valence electrons. The molecule has 3 aromatic carbocycles. The van der Waals surface area contributed by atoms with Gasteiger partial charge in [0.05, 0.1) is 31.6 Å². The number of amides is 2. The SMILES string of the molecule is COc1ccc([C@@H]2[C@@H]3C(=O)N(c4ccc(C)c(C)c4)C(=O)[C@@H]3ON2c2ccc(OC)cc2)cc1. The summed E-state index contributed by atoms with van der Waals surface area (Å²) in [6.07, 6.45) is -0.914.